The van der Waals surface area contributed by atoms with Crippen molar-refractivity contribution in [3.8, 4) is 0 Å². The van der Waals surface area contributed by atoms with Crippen LogP contribution in [0.3, 0.4) is 0 Å². The standard InChI is InChI=1S/C14H17F2NO2/c1-9(10-5-3-2-4-6-10)17-8-7-11(14(17)19)12(18)13(15)16/h2-6,9,11-13,18H,7-8H2,1H3/t9-,11?,12?/m1/s1. The van der Waals surface area contributed by atoms with Gasteiger partial charge in [-0.05, 0) is 18.9 Å². The van der Waals surface area contributed by atoms with Crippen LogP contribution in [-0.2, 0) is 4.79 Å². The van der Waals surface area contributed by atoms with Crippen molar-refractivity contribution in [1.29, 1.82) is 0 Å². The van der Waals surface area contributed by atoms with E-state index in [0.717, 1.165) is 5.56 Å². The Kier molecular flexibility index (Phi) is 4.14. The van der Waals surface area contributed by atoms with E-state index in [-0.39, 0.29) is 18.4 Å². The van der Waals surface area contributed by atoms with Crippen molar-refractivity contribution in [2.75, 3.05) is 6.54 Å². The van der Waals surface area contributed by atoms with Gasteiger partial charge in [-0.3, -0.25) is 4.79 Å². The second-order valence-electron chi connectivity index (χ2n) is 4.84. The van der Waals surface area contributed by atoms with E-state index in [4.69, 9.17) is 0 Å². The predicted molar refractivity (Wildman–Crippen MR) is 66.7 cm³/mol. The number of likely N-dealkylation sites (tertiary alicyclic amines) is 1. The van der Waals surface area contributed by atoms with Gasteiger partial charge in [-0.25, -0.2) is 8.78 Å². The number of hydrogen-bond acceptors (Lipinski definition) is 2. The summed E-state index contributed by atoms with van der Waals surface area (Å²) < 4.78 is 25.0. The van der Waals surface area contributed by atoms with Crippen LogP contribution in [-0.4, -0.2) is 35.0 Å². The van der Waals surface area contributed by atoms with Gasteiger partial charge in [0.2, 0.25) is 5.91 Å². The molecule has 0 radical (unpaired) electrons. The van der Waals surface area contributed by atoms with Crippen molar-refractivity contribution in [2.45, 2.75) is 31.9 Å². The number of alkyl halides is 2. The maximum absolute atomic E-state index is 12.5. The number of aliphatic hydroxyl groups excluding tert-OH is 1. The van der Waals surface area contributed by atoms with E-state index >= 15 is 0 Å². The van der Waals surface area contributed by atoms with E-state index in [0.29, 0.717) is 6.54 Å². The number of benzene rings is 1. The van der Waals surface area contributed by atoms with Gasteiger partial charge in [0.1, 0.15) is 6.10 Å². The topological polar surface area (TPSA) is 40.5 Å². The van der Waals surface area contributed by atoms with Gasteiger partial charge in [-0.2, -0.15) is 0 Å². The van der Waals surface area contributed by atoms with Crippen LogP contribution in [0, 0.1) is 5.92 Å². The van der Waals surface area contributed by atoms with Crippen molar-refractivity contribution >= 4 is 5.91 Å². The molecule has 1 aliphatic rings. The summed E-state index contributed by atoms with van der Waals surface area (Å²) in [5.74, 6) is -1.37. The number of hydrogen-bond donors (Lipinski definition) is 1. The van der Waals surface area contributed by atoms with Crippen LogP contribution in [0.1, 0.15) is 24.9 Å². The molecule has 0 aliphatic carbocycles. The summed E-state index contributed by atoms with van der Waals surface area (Å²) >= 11 is 0. The molecule has 2 rings (SSSR count). The first kappa shape index (κ1) is 13.9. The number of amides is 1. The molecule has 104 valence electrons. The van der Waals surface area contributed by atoms with Crippen LogP contribution < -0.4 is 0 Å². The molecule has 1 amide bonds. The average Bonchev–Trinajstić information content (AvgIpc) is 2.79. The van der Waals surface area contributed by atoms with E-state index in [2.05, 4.69) is 0 Å². The molecule has 1 heterocycles. The summed E-state index contributed by atoms with van der Waals surface area (Å²) in [6.07, 6.45) is -4.46. The van der Waals surface area contributed by atoms with Crippen LogP contribution in [0.5, 0.6) is 0 Å². The summed E-state index contributed by atoms with van der Waals surface area (Å²) in [5, 5.41) is 9.37. The van der Waals surface area contributed by atoms with E-state index in [1.807, 2.05) is 37.3 Å². The highest BCUT2D eigenvalue weighted by atomic mass is 19.3. The smallest absolute Gasteiger partial charge is 0.264 e. The monoisotopic (exact) mass is 269 g/mol. The quantitative estimate of drug-likeness (QED) is 0.910. The maximum Gasteiger partial charge on any atom is 0.264 e. The summed E-state index contributed by atoms with van der Waals surface area (Å²) in [4.78, 5) is 13.7. The molecule has 3 atom stereocenters. The van der Waals surface area contributed by atoms with Crippen molar-refractivity contribution in [3.63, 3.8) is 0 Å². The third-order valence-electron chi connectivity index (χ3n) is 3.70. The molecule has 19 heavy (non-hydrogen) atoms. The average molecular weight is 269 g/mol. The lowest BCUT2D eigenvalue weighted by Crippen LogP contribution is -2.36. The molecule has 0 bridgehead atoms. The third-order valence-corrected chi connectivity index (χ3v) is 3.70. The minimum absolute atomic E-state index is 0.163. The van der Waals surface area contributed by atoms with Gasteiger partial charge in [-0.15, -0.1) is 0 Å². The largest absolute Gasteiger partial charge is 0.386 e. The lowest BCUT2D eigenvalue weighted by Gasteiger charge is -2.26. The zero-order valence-corrected chi connectivity index (χ0v) is 10.7. The van der Waals surface area contributed by atoms with Crippen molar-refractivity contribution in [2.24, 2.45) is 5.92 Å². The summed E-state index contributed by atoms with van der Waals surface area (Å²) in [6.45, 7) is 2.27. The minimum Gasteiger partial charge on any atom is -0.386 e. The number of halogens is 2. The van der Waals surface area contributed by atoms with E-state index in [1.54, 1.807) is 4.90 Å². The molecule has 1 aliphatic heterocycles. The predicted octanol–water partition coefficient (Wildman–Crippen LogP) is 2.22. The fraction of sp³-hybridized carbons (Fsp3) is 0.500. The van der Waals surface area contributed by atoms with Crippen molar-refractivity contribution in [1.82, 2.24) is 4.90 Å². The Labute approximate surface area is 110 Å². The zero-order chi connectivity index (χ0) is 14.0. The van der Waals surface area contributed by atoms with Gasteiger partial charge < -0.3 is 10.0 Å². The second-order valence-corrected chi connectivity index (χ2v) is 4.84. The normalized spacial score (nSPS) is 22.9. The lowest BCUT2D eigenvalue weighted by molar-refractivity contribution is -0.139. The zero-order valence-electron chi connectivity index (χ0n) is 10.7. The molecule has 1 fully saturated rings. The molecule has 0 saturated carbocycles. The Morgan fingerprint density at radius 3 is 2.53 bits per heavy atom. The number of rotatable bonds is 4. The van der Waals surface area contributed by atoms with Crippen LogP contribution in [0.2, 0.25) is 0 Å². The van der Waals surface area contributed by atoms with Gasteiger partial charge in [0, 0.05) is 6.54 Å². The molecular formula is C14H17F2NO2. The van der Waals surface area contributed by atoms with Crippen LogP contribution in [0.25, 0.3) is 0 Å². The van der Waals surface area contributed by atoms with Gasteiger partial charge >= 0.3 is 0 Å². The molecule has 1 saturated heterocycles. The number of nitrogens with zero attached hydrogens (tertiary/aromatic N) is 1. The lowest BCUT2D eigenvalue weighted by atomic mass is 10.0. The van der Waals surface area contributed by atoms with Gasteiger partial charge in [0.25, 0.3) is 6.43 Å². The Balaban J connectivity index is 2.10. The van der Waals surface area contributed by atoms with Crippen LogP contribution >= 0.6 is 0 Å². The molecule has 0 aromatic heterocycles. The molecule has 0 spiro atoms. The fourth-order valence-electron chi connectivity index (χ4n) is 2.51. The molecule has 1 N–H and O–H groups in total. The number of carbonyl (C=O) groups excluding carboxylic acids is 1. The SMILES string of the molecule is C[C@H](c1ccccc1)N1CCC(C(O)C(F)F)C1=O. The molecule has 1 aromatic carbocycles. The maximum atomic E-state index is 12.5. The first-order valence-corrected chi connectivity index (χ1v) is 6.34. The highest BCUT2D eigenvalue weighted by Gasteiger charge is 2.42. The van der Waals surface area contributed by atoms with Crippen molar-refractivity contribution in [3.05, 3.63) is 35.9 Å². The summed E-state index contributed by atoms with van der Waals surface area (Å²) in [5.41, 5.74) is 0.961. The Hall–Kier alpha value is -1.49. The van der Waals surface area contributed by atoms with Crippen LogP contribution in [0.15, 0.2) is 30.3 Å². The number of carbonyl (C=O) groups is 1. The molecule has 3 nitrogen and oxygen atoms in total. The minimum atomic E-state index is -2.87. The van der Waals surface area contributed by atoms with Gasteiger partial charge in [0.15, 0.2) is 0 Å². The second kappa shape index (κ2) is 5.65. The Morgan fingerprint density at radius 1 is 1.32 bits per heavy atom. The summed E-state index contributed by atoms with van der Waals surface area (Å²) in [6, 6.07) is 9.26. The summed E-state index contributed by atoms with van der Waals surface area (Å²) in [7, 11) is 0. The van der Waals surface area contributed by atoms with Crippen molar-refractivity contribution < 1.29 is 18.7 Å². The van der Waals surface area contributed by atoms with Crippen LogP contribution in [0.4, 0.5) is 8.78 Å². The molecule has 5 heteroatoms. The Morgan fingerprint density at radius 2 is 1.95 bits per heavy atom. The number of aliphatic hydroxyl groups is 1. The van der Waals surface area contributed by atoms with Gasteiger partial charge in [0.05, 0.1) is 12.0 Å². The first-order valence-electron chi connectivity index (χ1n) is 6.34. The van der Waals surface area contributed by atoms with Gasteiger partial charge in [-0.1, -0.05) is 30.3 Å². The Bertz CT molecular complexity index is 438. The van der Waals surface area contributed by atoms with E-state index in [9.17, 15) is 18.7 Å². The molecule has 2 unspecified atom stereocenters. The van der Waals surface area contributed by atoms with E-state index < -0.39 is 18.4 Å². The first-order chi connectivity index (χ1) is 9.02. The fourth-order valence-corrected chi connectivity index (χ4v) is 2.51. The highest BCUT2D eigenvalue weighted by molar-refractivity contribution is 5.82. The molecule has 1 aromatic rings. The molecular weight excluding hydrogens is 252 g/mol. The third kappa shape index (κ3) is 2.76. The highest BCUT2D eigenvalue weighted by Crippen LogP contribution is 2.31. The van der Waals surface area contributed by atoms with E-state index in [1.165, 1.54) is 0 Å².